The van der Waals surface area contributed by atoms with E-state index in [-0.39, 0.29) is 6.04 Å². The zero-order chi connectivity index (χ0) is 9.31. The van der Waals surface area contributed by atoms with Crippen molar-refractivity contribution >= 4 is 0 Å². The number of hydrogen-bond donors (Lipinski definition) is 1. The second kappa shape index (κ2) is 3.56. The number of alkyl halides is 1. The first-order chi connectivity index (χ1) is 6.18. The van der Waals surface area contributed by atoms with E-state index in [1.54, 1.807) is 0 Å². The maximum Gasteiger partial charge on any atom is 0.112 e. The SMILES string of the molecule is NC1CCC(F)(CC2CCCC2)C1. The van der Waals surface area contributed by atoms with E-state index < -0.39 is 5.67 Å². The summed E-state index contributed by atoms with van der Waals surface area (Å²) in [5.74, 6) is 0.662. The van der Waals surface area contributed by atoms with Gasteiger partial charge in [0.15, 0.2) is 0 Å². The van der Waals surface area contributed by atoms with Crippen LogP contribution in [0, 0.1) is 5.92 Å². The Morgan fingerprint density at radius 1 is 1.23 bits per heavy atom. The van der Waals surface area contributed by atoms with Gasteiger partial charge < -0.3 is 5.73 Å². The third kappa shape index (κ3) is 2.22. The molecule has 2 heteroatoms. The van der Waals surface area contributed by atoms with E-state index in [4.69, 9.17) is 5.73 Å². The summed E-state index contributed by atoms with van der Waals surface area (Å²) in [6, 6.07) is 0.131. The largest absolute Gasteiger partial charge is 0.328 e. The molecule has 0 spiro atoms. The van der Waals surface area contributed by atoms with Crippen LogP contribution in [0.1, 0.15) is 51.4 Å². The minimum Gasteiger partial charge on any atom is -0.328 e. The molecule has 0 amide bonds. The summed E-state index contributed by atoms with van der Waals surface area (Å²) in [5, 5.41) is 0. The highest BCUT2D eigenvalue weighted by molar-refractivity contribution is 4.93. The van der Waals surface area contributed by atoms with Crippen molar-refractivity contribution in [3.05, 3.63) is 0 Å². The molecule has 0 aromatic carbocycles. The zero-order valence-corrected chi connectivity index (χ0v) is 8.27. The Labute approximate surface area is 79.9 Å². The van der Waals surface area contributed by atoms with Crippen LogP contribution in [0.3, 0.4) is 0 Å². The molecule has 2 aliphatic rings. The third-order valence-corrected chi connectivity index (χ3v) is 3.72. The number of halogens is 1. The average molecular weight is 185 g/mol. The van der Waals surface area contributed by atoms with Crippen molar-refractivity contribution in [2.24, 2.45) is 11.7 Å². The monoisotopic (exact) mass is 185 g/mol. The Kier molecular flexibility index (Phi) is 2.59. The minimum atomic E-state index is -0.894. The Morgan fingerprint density at radius 3 is 2.46 bits per heavy atom. The van der Waals surface area contributed by atoms with Gasteiger partial charge in [-0.3, -0.25) is 0 Å². The molecular weight excluding hydrogens is 165 g/mol. The first-order valence-electron chi connectivity index (χ1n) is 5.62. The molecule has 2 saturated carbocycles. The molecule has 2 N–H and O–H groups in total. The van der Waals surface area contributed by atoms with Gasteiger partial charge in [0.1, 0.15) is 5.67 Å². The van der Waals surface area contributed by atoms with Crippen molar-refractivity contribution < 1.29 is 4.39 Å². The van der Waals surface area contributed by atoms with Crippen LogP contribution < -0.4 is 5.73 Å². The highest BCUT2D eigenvalue weighted by Crippen LogP contribution is 2.42. The van der Waals surface area contributed by atoms with Crippen molar-refractivity contribution in [3.63, 3.8) is 0 Å². The van der Waals surface area contributed by atoms with Gasteiger partial charge in [-0.1, -0.05) is 25.7 Å². The van der Waals surface area contributed by atoms with E-state index in [0.29, 0.717) is 18.8 Å². The van der Waals surface area contributed by atoms with Crippen molar-refractivity contribution in [2.45, 2.75) is 63.1 Å². The summed E-state index contributed by atoms with van der Waals surface area (Å²) in [6.45, 7) is 0. The molecule has 2 unspecified atom stereocenters. The quantitative estimate of drug-likeness (QED) is 0.703. The van der Waals surface area contributed by atoms with Gasteiger partial charge in [-0.15, -0.1) is 0 Å². The number of hydrogen-bond acceptors (Lipinski definition) is 1. The fourth-order valence-corrected chi connectivity index (χ4v) is 3.04. The van der Waals surface area contributed by atoms with Gasteiger partial charge in [0, 0.05) is 6.04 Å². The van der Waals surface area contributed by atoms with Crippen LogP contribution in [-0.4, -0.2) is 11.7 Å². The highest BCUT2D eigenvalue weighted by atomic mass is 19.1. The van der Waals surface area contributed by atoms with E-state index in [1.807, 2.05) is 0 Å². The molecule has 13 heavy (non-hydrogen) atoms. The van der Waals surface area contributed by atoms with Crippen LogP contribution >= 0.6 is 0 Å². The fraction of sp³-hybridized carbons (Fsp3) is 1.00. The molecule has 2 fully saturated rings. The molecule has 0 heterocycles. The van der Waals surface area contributed by atoms with Gasteiger partial charge in [-0.05, 0) is 31.6 Å². The molecule has 0 saturated heterocycles. The lowest BCUT2D eigenvalue weighted by Gasteiger charge is -2.23. The van der Waals surface area contributed by atoms with E-state index in [1.165, 1.54) is 25.7 Å². The highest BCUT2D eigenvalue weighted by Gasteiger charge is 2.39. The lowest BCUT2D eigenvalue weighted by molar-refractivity contribution is 0.130. The van der Waals surface area contributed by atoms with Gasteiger partial charge in [0.2, 0.25) is 0 Å². The lowest BCUT2D eigenvalue weighted by atomic mass is 9.89. The first-order valence-corrected chi connectivity index (χ1v) is 5.62. The van der Waals surface area contributed by atoms with Crippen LogP contribution in [-0.2, 0) is 0 Å². The molecule has 0 aromatic heterocycles. The predicted molar refractivity (Wildman–Crippen MR) is 52.2 cm³/mol. The summed E-state index contributed by atoms with van der Waals surface area (Å²) in [4.78, 5) is 0. The smallest absolute Gasteiger partial charge is 0.112 e. The predicted octanol–water partition coefficient (Wildman–Crippen LogP) is 2.79. The second-order valence-corrected chi connectivity index (χ2v) is 5.01. The van der Waals surface area contributed by atoms with Gasteiger partial charge in [-0.25, -0.2) is 4.39 Å². The first kappa shape index (κ1) is 9.45. The molecule has 1 nitrogen and oxygen atoms in total. The Morgan fingerprint density at radius 2 is 1.92 bits per heavy atom. The average Bonchev–Trinajstić information content (AvgIpc) is 2.62. The minimum absolute atomic E-state index is 0.131. The molecule has 2 rings (SSSR count). The summed E-state index contributed by atoms with van der Waals surface area (Å²) < 4.78 is 14.1. The molecule has 76 valence electrons. The van der Waals surface area contributed by atoms with Gasteiger partial charge >= 0.3 is 0 Å². The van der Waals surface area contributed by atoms with E-state index >= 15 is 0 Å². The summed E-state index contributed by atoms with van der Waals surface area (Å²) in [6.07, 6.45) is 8.14. The van der Waals surface area contributed by atoms with E-state index in [9.17, 15) is 4.39 Å². The van der Waals surface area contributed by atoms with E-state index in [2.05, 4.69) is 0 Å². The lowest BCUT2D eigenvalue weighted by Crippen LogP contribution is -2.25. The van der Waals surface area contributed by atoms with Crippen LogP contribution in [0.2, 0.25) is 0 Å². The van der Waals surface area contributed by atoms with Crippen molar-refractivity contribution in [1.29, 1.82) is 0 Å². The number of rotatable bonds is 2. The Balaban J connectivity index is 1.85. The van der Waals surface area contributed by atoms with Crippen LogP contribution in [0.5, 0.6) is 0 Å². The standard InChI is InChI=1S/C11H20FN/c12-11(6-5-10(13)8-11)7-9-3-1-2-4-9/h9-10H,1-8,13H2. The molecule has 0 bridgehead atoms. The number of nitrogens with two attached hydrogens (primary N) is 1. The molecule has 0 radical (unpaired) electrons. The molecular formula is C11H20FN. The fourth-order valence-electron chi connectivity index (χ4n) is 3.04. The maximum atomic E-state index is 14.1. The molecule has 0 aromatic rings. The van der Waals surface area contributed by atoms with Gasteiger partial charge in [0.25, 0.3) is 0 Å². The summed E-state index contributed by atoms with van der Waals surface area (Å²) in [7, 11) is 0. The molecule has 2 aliphatic carbocycles. The van der Waals surface area contributed by atoms with Crippen LogP contribution in [0.4, 0.5) is 4.39 Å². The van der Waals surface area contributed by atoms with Crippen LogP contribution in [0.25, 0.3) is 0 Å². The van der Waals surface area contributed by atoms with Crippen molar-refractivity contribution in [3.8, 4) is 0 Å². The zero-order valence-electron chi connectivity index (χ0n) is 8.27. The maximum absolute atomic E-state index is 14.1. The van der Waals surface area contributed by atoms with E-state index in [0.717, 1.165) is 12.8 Å². The Hall–Kier alpha value is -0.110. The second-order valence-electron chi connectivity index (χ2n) is 5.01. The van der Waals surface area contributed by atoms with Crippen molar-refractivity contribution in [2.75, 3.05) is 0 Å². The topological polar surface area (TPSA) is 26.0 Å². The molecule has 0 aliphatic heterocycles. The Bertz CT molecular complexity index is 177. The molecule has 2 atom stereocenters. The van der Waals surface area contributed by atoms with Gasteiger partial charge in [0.05, 0.1) is 0 Å². The normalized spacial score (nSPS) is 41.5. The van der Waals surface area contributed by atoms with Crippen molar-refractivity contribution in [1.82, 2.24) is 0 Å². The van der Waals surface area contributed by atoms with Gasteiger partial charge in [-0.2, -0.15) is 0 Å². The summed E-state index contributed by atoms with van der Waals surface area (Å²) in [5.41, 5.74) is 4.85. The third-order valence-electron chi connectivity index (χ3n) is 3.72. The van der Waals surface area contributed by atoms with Crippen LogP contribution in [0.15, 0.2) is 0 Å². The summed E-state index contributed by atoms with van der Waals surface area (Å²) >= 11 is 0.